The van der Waals surface area contributed by atoms with Crippen molar-refractivity contribution < 1.29 is 9.90 Å². The van der Waals surface area contributed by atoms with E-state index < -0.39 is 5.97 Å². The first kappa shape index (κ1) is 14.6. The molecule has 1 unspecified atom stereocenters. The van der Waals surface area contributed by atoms with Gasteiger partial charge in [0.1, 0.15) is 0 Å². The summed E-state index contributed by atoms with van der Waals surface area (Å²) in [5.74, 6) is -0.899. The summed E-state index contributed by atoms with van der Waals surface area (Å²) < 4.78 is 0. The molecule has 0 aliphatic carbocycles. The Kier molecular flexibility index (Phi) is 5.22. The minimum absolute atomic E-state index is 0.591. The number of hydrogen-bond donors (Lipinski definition) is 1. The quantitative estimate of drug-likeness (QED) is 0.826. The van der Waals surface area contributed by atoms with Crippen LogP contribution in [0.1, 0.15) is 44.6 Å². The Balaban J connectivity index is 2.27. The molecule has 1 aliphatic rings. The maximum Gasteiger partial charge on any atom is 0.328 e. The molecule has 2 rings (SSSR count). The average Bonchev–Trinajstić information content (AvgIpc) is 2.46. The van der Waals surface area contributed by atoms with Crippen molar-refractivity contribution in [2.75, 3.05) is 11.4 Å². The highest BCUT2D eigenvalue weighted by Crippen LogP contribution is 2.30. The summed E-state index contributed by atoms with van der Waals surface area (Å²) in [6.07, 6.45) is 9.08. The molecule has 1 aromatic rings. The second kappa shape index (κ2) is 7.13. The van der Waals surface area contributed by atoms with Crippen LogP contribution in [0.15, 0.2) is 30.3 Å². The summed E-state index contributed by atoms with van der Waals surface area (Å²) in [5, 5.41) is 8.81. The van der Waals surface area contributed by atoms with Crippen LogP contribution in [0.2, 0.25) is 0 Å². The van der Waals surface area contributed by atoms with Gasteiger partial charge in [0.25, 0.3) is 0 Å². The van der Waals surface area contributed by atoms with Crippen molar-refractivity contribution in [1.82, 2.24) is 0 Å². The molecule has 1 fully saturated rings. The number of benzene rings is 1. The van der Waals surface area contributed by atoms with E-state index in [2.05, 4.69) is 17.9 Å². The molecule has 3 nitrogen and oxygen atoms in total. The monoisotopic (exact) mass is 273 g/mol. The Labute approximate surface area is 120 Å². The van der Waals surface area contributed by atoms with Crippen LogP contribution >= 0.6 is 0 Å². The number of aliphatic carboxylic acids is 1. The molecule has 0 spiro atoms. The minimum atomic E-state index is -0.899. The van der Waals surface area contributed by atoms with E-state index in [4.69, 9.17) is 5.11 Å². The summed E-state index contributed by atoms with van der Waals surface area (Å²) in [4.78, 5) is 13.2. The van der Waals surface area contributed by atoms with E-state index in [1.165, 1.54) is 43.9 Å². The van der Waals surface area contributed by atoms with Gasteiger partial charge in [0.2, 0.25) is 0 Å². The second-order valence-electron chi connectivity index (χ2n) is 5.36. The number of nitrogens with zero attached hydrogens (tertiary/aromatic N) is 1. The molecule has 0 radical (unpaired) electrons. The number of para-hydroxylation sites is 1. The summed E-state index contributed by atoms with van der Waals surface area (Å²) >= 11 is 0. The van der Waals surface area contributed by atoms with Gasteiger partial charge in [-0.1, -0.05) is 31.5 Å². The zero-order valence-electron chi connectivity index (χ0n) is 12.1. The van der Waals surface area contributed by atoms with Crippen molar-refractivity contribution in [2.24, 2.45) is 0 Å². The summed E-state index contributed by atoms with van der Waals surface area (Å²) in [6, 6.07) is 8.68. The van der Waals surface area contributed by atoms with Crippen LogP contribution in [0, 0.1) is 0 Å². The molecule has 0 bridgehead atoms. The van der Waals surface area contributed by atoms with Gasteiger partial charge in [0, 0.05) is 24.4 Å². The molecule has 1 N–H and O–H groups in total. The van der Waals surface area contributed by atoms with E-state index in [1.54, 1.807) is 6.08 Å². The number of carbonyl (C=O) groups is 1. The van der Waals surface area contributed by atoms with Gasteiger partial charge in [-0.15, -0.1) is 0 Å². The molecule has 3 heteroatoms. The summed E-state index contributed by atoms with van der Waals surface area (Å²) in [6.45, 7) is 3.30. The second-order valence-corrected chi connectivity index (χ2v) is 5.36. The van der Waals surface area contributed by atoms with Gasteiger partial charge in [-0.25, -0.2) is 4.79 Å². The van der Waals surface area contributed by atoms with Crippen molar-refractivity contribution in [1.29, 1.82) is 0 Å². The van der Waals surface area contributed by atoms with Crippen LogP contribution in [0.3, 0.4) is 0 Å². The van der Waals surface area contributed by atoms with E-state index >= 15 is 0 Å². The highest BCUT2D eigenvalue weighted by Gasteiger charge is 2.22. The standard InChI is InChI=1S/C17H23NO2/c1-2-7-15-9-5-6-13-18(15)16-10-4-3-8-14(16)11-12-17(19)20/h3-4,8,10-12,15H,2,5-7,9,13H2,1H3,(H,19,20)/b12-11+. The van der Waals surface area contributed by atoms with Gasteiger partial charge in [0.15, 0.2) is 0 Å². The Morgan fingerprint density at radius 1 is 1.40 bits per heavy atom. The van der Waals surface area contributed by atoms with Crippen molar-refractivity contribution >= 4 is 17.7 Å². The smallest absolute Gasteiger partial charge is 0.328 e. The van der Waals surface area contributed by atoms with Crippen LogP contribution in [-0.2, 0) is 4.79 Å². The van der Waals surface area contributed by atoms with E-state index in [0.717, 1.165) is 12.1 Å². The number of hydrogen-bond acceptors (Lipinski definition) is 2. The van der Waals surface area contributed by atoms with Gasteiger partial charge in [-0.05, 0) is 43.4 Å². The molecule has 108 valence electrons. The maximum absolute atomic E-state index is 10.7. The number of anilines is 1. The van der Waals surface area contributed by atoms with Crippen molar-refractivity contribution in [2.45, 2.75) is 45.1 Å². The predicted octanol–water partition coefficient (Wildman–Crippen LogP) is 3.94. The molecule has 1 heterocycles. The molecule has 0 saturated carbocycles. The van der Waals surface area contributed by atoms with E-state index in [0.29, 0.717) is 6.04 Å². The zero-order valence-corrected chi connectivity index (χ0v) is 12.1. The lowest BCUT2D eigenvalue weighted by atomic mass is 9.96. The molecule has 0 aromatic heterocycles. The number of carboxylic acids is 1. The van der Waals surface area contributed by atoms with Gasteiger partial charge in [-0.2, -0.15) is 0 Å². The zero-order chi connectivity index (χ0) is 14.4. The van der Waals surface area contributed by atoms with Crippen molar-refractivity contribution in [3.63, 3.8) is 0 Å². The Bertz CT molecular complexity index is 480. The molecule has 1 atom stereocenters. The lowest BCUT2D eigenvalue weighted by Crippen LogP contribution is -2.39. The maximum atomic E-state index is 10.7. The Morgan fingerprint density at radius 3 is 2.95 bits per heavy atom. The van der Waals surface area contributed by atoms with E-state index in [-0.39, 0.29) is 0 Å². The first-order chi connectivity index (χ1) is 9.72. The van der Waals surface area contributed by atoms with Crippen molar-refractivity contribution in [3.05, 3.63) is 35.9 Å². The van der Waals surface area contributed by atoms with Crippen LogP contribution < -0.4 is 4.90 Å². The third-order valence-electron chi connectivity index (χ3n) is 3.90. The Hall–Kier alpha value is -1.77. The molecule has 1 saturated heterocycles. The van der Waals surface area contributed by atoms with E-state index in [1.807, 2.05) is 18.2 Å². The fourth-order valence-corrected chi connectivity index (χ4v) is 3.00. The SMILES string of the molecule is CCCC1CCCCN1c1ccccc1/C=C/C(=O)O. The highest BCUT2D eigenvalue weighted by atomic mass is 16.4. The summed E-state index contributed by atoms with van der Waals surface area (Å²) in [5.41, 5.74) is 2.17. The number of rotatable bonds is 5. The first-order valence-corrected chi connectivity index (χ1v) is 7.49. The van der Waals surface area contributed by atoms with Crippen LogP contribution in [-0.4, -0.2) is 23.7 Å². The van der Waals surface area contributed by atoms with Gasteiger partial charge in [0.05, 0.1) is 0 Å². The lowest BCUT2D eigenvalue weighted by Gasteiger charge is -2.38. The average molecular weight is 273 g/mol. The van der Waals surface area contributed by atoms with E-state index in [9.17, 15) is 4.79 Å². The molecule has 20 heavy (non-hydrogen) atoms. The number of piperidine rings is 1. The summed E-state index contributed by atoms with van der Waals surface area (Å²) in [7, 11) is 0. The normalized spacial score (nSPS) is 19.4. The molecular weight excluding hydrogens is 250 g/mol. The number of carboxylic acid groups (broad SMARTS) is 1. The topological polar surface area (TPSA) is 40.5 Å². The minimum Gasteiger partial charge on any atom is -0.478 e. The van der Waals surface area contributed by atoms with Crippen LogP contribution in [0.5, 0.6) is 0 Å². The fourth-order valence-electron chi connectivity index (χ4n) is 3.00. The highest BCUT2D eigenvalue weighted by molar-refractivity contribution is 5.87. The first-order valence-electron chi connectivity index (χ1n) is 7.49. The molecule has 0 amide bonds. The molecule has 1 aliphatic heterocycles. The third kappa shape index (κ3) is 3.62. The predicted molar refractivity (Wildman–Crippen MR) is 83.0 cm³/mol. The Morgan fingerprint density at radius 2 is 2.20 bits per heavy atom. The molecular formula is C17H23NO2. The van der Waals surface area contributed by atoms with Gasteiger partial charge >= 0.3 is 5.97 Å². The van der Waals surface area contributed by atoms with Crippen molar-refractivity contribution in [3.8, 4) is 0 Å². The largest absolute Gasteiger partial charge is 0.478 e. The molecule has 1 aromatic carbocycles. The van der Waals surface area contributed by atoms with Crippen LogP contribution in [0.4, 0.5) is 5.69 Å². The third-order valence-corrected chi connectivity index (χ3v) is 3.90. The van der Waals surface area contributed by atoms with Crippen LogP contribution in [0.25, 0.3) is 6.08 Å². The van der Waals surface area contributed by atoms with Gasteiger partial charge < -0.3 is 10.0 Å². The fraction of sp³-hybridized carbons (Fsp3) is 0.471. The lowest BCUT2D eigenvalue weighted by molar-refractivity contribution is -0.131. The van der Waals surface area contributed by atoms with Gasteiger partial charge in [-0.3, -0.25) is 0 Å².